The molecular weight excluding hydrogens is 230 g/mol. The summed E-state index contributed by atoms with van der Waals surface area (Å²) in [5.41, 5.74) is 2.42. The first-order chi connectivity index (χ1) is 8.20. The van der Waals surface area contributed by atoms with E-state index in [1.165, 1.54) is 10.4 Å². The Bertz CT molecular complexity index is 432. The molecule has 2 aromatic heterocycles. The van der Waals surface area contributed by atoms with Crippen LogP contribution in [0.3, 0.4) is 0 Å². The van der Waals surface area contributed by atoms with E-state index in [2.05, 4.69) is 41.8 Å². The van der Waals surface area contributed by atoms with Gasteiger partial charge >= 0.3 is 0 Å². The molecule has 0 radical (unpaired) electrons. The Balaban J connectivity index is 2.24. The maximum Gasteiger partial charge on any atom is 0.0839 e. The topological polar surface area (TPSA) is 29.9 Å². The van der Waals surface area contributed by atoms with Gasteiger partial charge in [-0.1, -0.05) is 6.92 Å². The predicted octanol–water partition coefficient (Wildman–Crippen LogP) is 2.88. The number of rotatable bonds is 5. The van der Waals surface area contributed by atoms with Crippen molar-refractivity contribution in [3.63, 3.8) is 0 Å². The van der Waals surface area contributed by atoms with Gasteiger partial charge in [0.2, 0.25) is 0 Å². The third-order valence-corrected chi connectivity index (χ3v) is 3.59. The highest BCUT2D eigenvalue weighted by Crippen LogP contribution is 2.25. The predicted molar refractivity (Wildman–Crippen MR) is 72.4 cm³/mol. The molecule has 4 heteroatoms. The molecule has 0 spiro atoms. The van der Waals surface area contributed by atoms with Gasteiger partial charge in [-0.2, -0.15) is 5.10 Å². The zero-order valence-electron chi connectivity index (χ0n) is 10.6. The van der Waals surface area contributed by atoms with Crippen molar-refractivity contribution >= 4 is 11.3 Å². The summed E-state index contributed by atoms with van der Waals surface area (Å²) in [6.45, 7) is 5.33. The highest BCUT2D eigenvalue weighted by molar-refractivity contribution is 7.10. The summed E-state index contributed by atoms with van der Waals surface area (Å²) >= 11 is 1.79. The minimum atomic E-state index is 0.223. The summed E-state index contributed by atoms with van der Waals surface area (Å²) in [4.78, 5) is 1.35. The van der Waals surface area contributed by atoms with Crippen LogP contribution in [0.2, 0.25) is 0 Å². The molecule has 3 nitrogen and oxygen atoms in total. The number of aryl methyl sites for hydroxylation is 2. The lowest BCUT2D eigenvalue weighted by Gasteiger charge is -2.15. The fourth-order valence-electron chi connectivity index (χ4n) is 1.88. The Kier molecular flexibility index (Phi) is 3.97. The van der Waals surface area contributed by atoms with Gasteiger partial charge in [0.05, 0.1) is 11.7 Å². The molecule has 92 valence electrons. The molecule has 0 bridgehead atoms. The third-order valence-electron chi connectivity index (χ3n) is 2.71. The first-order valence-corrected chi connectivity index (χ1v) is 6.86. The first kappa shape index (κ1) is 12.3. The lowest BCUT2D eigenvalue weighted by molar-refractivity contribution is 0.576. The molecule has 0 saturated carbocycles. The van der Waals surface area contributed by atoms with Crippen molar-refractivity contribution in [3.8, 4) is 0 Å². The number of nitrogens with one attached hydrogen (secondary N) is 1. The minimum absolute atomic E-state index is 0.223. The van der Waals surface area contributed by atoms with Crippen LogP contribution in [0.5, 0.6) is 0 Å². The van der Waals surface area contributed by atoms with E-state index < -0.39 is 0 Å². The lowest BCUT2D eigenvalue weighted by Crippen LogP contribution is -2.23. The normalized spacial score (nSPS) is 12.9. The van der Waals surface area contributed by atoms with Crippen LogP contribution >= 0.6 is 11.3 Å². The smallest absolute Gasteiger partial charge is 0.0839 e. The fraction of sp³-hybridized carbons (Fsp3) is 0.462. The van der Waals surface area contributed by atoms with E-state index in [-0.39, 0.29) is 6.04 Å². The van der Waals surface area contributed by atoms with Gasteiger partial charge in [-0.25, -0.2) is 0 Å². The van der Waals surface area contributed by atoms with E-state index in [0.717, 1.165) is 18.7 Å². The van der Waals surface area contributed by atoms with E-state index in [4.69, 9.17) is 0 Å². The molecule has 0 amide bonds. The van der Waals surface area contributed by atoms with Crippen LogP contribution in [0.4, 0.5) is 0 Å². The van der Waals surface area contributed by atoms with Crippen LogP contribution in [0.1, 0.15) is 35.5 Å². The molecule has 2 rings (SSSR count). The van der Waals surface area contributed by atoms with Crippen molar-refractivity contribution in [1.29, 1.82) is 0 Å². The van der Waals surface area contributed by atoms with E-state index in [1.54, 1.807) is 11.3 Å². The molecule has 17 heavy (non-hydrogen) atoms. The second-order valence-electron chi connectivity index (χ2n) is 4.29. The SMILES string of the molecule is CCCNC(c1csc(C)c1)c1ccn(C)n1. The Morgan fingerprint density at radius 1 is 1.53 bits per heavy atom. The molecule has 2 aromatic rings. The molecule has 0 aliphatic rings. The number of hydrogen-bond acceptors (Lipinski definition) is 3. The minimum Gasteiger partial charge on any atom is -0.305 e. The van der Waals surface area contributed by atoms with Crippen molar-refractivity contribution in [2.75, 3.05) is 6.54 Å². The van der Waals surface area contributed by atoms with Crippen LogP contribution < -0.4 is 5.32 Å². The van der Waals surface area contributed by atoms with Crippen molar-refractivity contribution in [3.05, 3.63) is 39.8 Å². The quantitative estimate of drug-likeness (QED) is 0.883. The average molecular weight is 249 g/mol. The monoisotopic (exact) mass is 249 g/mol. The second-order valence-corrected chi connectivity index (χ2v) is 5.41. The summed E-state index contributed by atoms with van der Waals surface area (Å²) in [5.74, 6) is 0. The molecular formula is C13H19N3S. The number of hydrogen-bond donors (Lipinski definition) is 1. The van der Waals surface area contributed by atoms with Crippen molar-refractivity contribution in [1.82, 2.24) is 15.1 Å². The molecule has 0 aliphatic heterocycles. The van der Waals surface area contributed by atoms with Gasteiger partial charge in [-0.15, -0.1) is 11.3 Å². The van der Waals surface area contributed by atoms with Crippen molar-refractivity contribution in [2.45, 2.75) is 26.3 Å². The summed E-state index contributed by atoms with van der Waals surface area (Å²) < 4.78 is 1.86. The van der Waals surface area contributed by atoms with Gasteiger partial charge in [0.1, 0.15) is 0 Å². The van der Waals surface area contributed by atoms with Gasteiger partial charge in [0, 0.05) is 18.1 Å². The van der Waals surface area contributed by atoms with Crippen LogP contribution in [0, 0.1) is 6.92 Å². The molecule has 1 unspecified atom stereocenters. The lowest BCUT2D eigenvalue weighted by atomic mass is 10.1. The average Bonchev–Trinajstić information content (AvgIpc) is 2.89. The Hall–Kier alpha value is -1.13. The summed E-state index contributed by atoms with van der Waals surface area (Å²) in [6, 6.07) is 4.55. The summed E-state index contributed by atoms with van der Waals surface area (Å²) in [5, 5.41) is 10.3. The van der Waals surface area contributed by atoms with Crippen LogP contribution in [0.25, 0.3) is 0 Å². The van der Waals surface area contributed by atoms with Gasteiger partial charge in [-0.05, 0) is 43.0 Å². The number of thiophene rings is 1. The highest BCUT2D eigenvalue weighted by Gasteiger charge is 2.16. The van der Waals surface area contributed by atoms with E-state index in [1.807, 2.05) is 17.9 Å². The fourth-order valence-corrected chi connectivity index (χ4v) is 2.61. The van der Waals surface area contributed by atoms with Gasteiger partial charge in [-0.3, -0.25) is 4.68 Å². The largest absolute Gasteiger partial charge is 0.305 e. The standard InChI is InChI=1S/C13H19N3S/c1-4-6-14-13(11-8-10(2)17-9-11)12-5-7-16(3)15-12/h5,7-9,13-14H,4,6H2,1-3H3. The Morgan fingerprint density at radius 3 is 2.88 bits per heavy atom. The van der Waals surface area contributed by atoms with Crippen molar-refractivity contribution in [2.24, 2.45) is 7.05 Å². The number of nitrogens with zero attached hydrogens (tertiary/aromatic N) is 2. The maximum absolute atomic E-state index is 4.51. The highest BCUT2D eigenvalue weighted by atomic mass is 32.1. The van der Waals surface area contributed by atoms with E-state index in [9.17, 15) is 0 Å². The molecule has 1 atom stereocenters. The number of aromatic nitrogens is 2. The Morgan fingerprint density at radius 2 is 2.35 bits per heavy atom. The van der Waals surface area contributed by atoms with Crippen LogP contribution in [-0.4, -0.2) is 16.3 Å². The first-order valence-electron chi connectivity index (χ1n) is 5.98. The molecule has 1 N–H and O–H groups in total. The Labute approximate surface area is 106 Å². The van der Waals surface area contributed by atoms with Crippen LogP contribution in [0.15, 0.2) is 23.7 Å². The summed E-state index contributed by atoms with van der Waals surface area (Å²) in [7, 11) is 1.96. The molecule has 0 aromatic carbocycles. The van der Waals surface area contributed by atoms with Gasteiger partial charge < -0.3 is 5.32 Å². The zero-order valence-corrected chi connectivity index (χ0v) is 11.4. The second kappa shape index (κ2) is 5.47. The molecule has 0 fully saturated rings. The van der Waals surface area contributed by atoms with Crippen LogP contribution in [-0.2, 0) is 7.05 Å². The molecule has 2 heterocycles. The van der Waals surface area contributed by atoms with E-state index in [0.29, 0.717) is 0 Å². The van der Waals surface area contributed by atoms with E-state index >= 15 is 0 Å². The van der Waals surface area contributed by atoms with Gasteiger partial charge in [0.15, 0.2) is 0 Å². The summed E-state index contributed by atoms with van der Waals surface area (Å²) in [6.07, 6.45) is 3.13. The molecule has 0 aliphatic carbocycles. The van der Waals surface area contributed by atoms with Crippen molar-refractivity contribution < 1.29 is 0 Å². The third kappa shape index (κ3) is 2.96. The zero-order chi connectivity index (χ0) is 12.3. The van der Waals surface area contributed by atoms with Gasteiger partial charge in [0.25, 0.3) is 0 Å². The maximum atomic E-state index is 4.51. The molecule has 0 saturated heterocycles.